The van der Waals surface area contributed by atoms with Crippen molar-refractivity contribution in [2.24, 2.45) is 5.92 Å². The molecule has 0 spiro atoms. The minimum Gasteiger partial charge on any atom is -0.381 e. The van der Waals surface area contributed by atoms with Crippen molar-refractivity contribution in [1.82, 2.24) is 0 Å². The van der Waals surface area contributed by atoms with Crippen molar-refractivity contribution in [3.63, 3.8) is 0 Å². The Bertz CT molecular complexity index is 199. The van der Waals surface area contributed by atoms with Crippen molar-refractivity contribution in [3.05, 3.63) is 0 Å². The standard InChI is InChI=1S/C10H16BrF3O2/c11-9-3-5-15-6-8(9)2-1-4-16-7-10(12,13)14/h8-9H,1-7H2. The molecule has 2 atom stereocenters. The molecule has 1 heterocycles. The van der Waals surface area contributed by atoms with Crippen LogP contribution >= 0.6 is 15.9 Å². The number of hydrogen-bond donors (Lipinski definition) is 0. The largest absolute Gasteiger partial charge is 0.411 e. The van der Waals surface area contributed by atoms with E-state index in [1.807, 2.05) is 0 Å². The molecule has 96 valence electrons. The van der Waals surface area contributed by atoms with Gasteiger partial charge in [0.2, 0.25) is 0 Å². The first-order valence-electron chi connectivity index (χ1n) is 5.35. The number of hydrogen-bond acceptors (Lipinski definition) is 2. The van der Waals surface area contributed by atoms with E-state index in [0.717, 1.165) is 19.4 Å². The Balaban J connectivity index is 2.02. The normalized spacial score (nSPS) is 27.0. The van der Waals surface area contributed by atoms with E-state index in [0.29, 0.717) is 23.8 Å². The van der Waals surface area contributed by atoms with E-state index in [2.05, 4.69) is 20.7 Å². The number of alkyl halides is 4. The van der Waals surface area contributed by atoms with Gasteiger partial charge in [0.25, 0.3) is 0 Å². The fourth-order valence-corrected chi connectivity index (χ4v) is 2.27. The summed E-state index contributed by atoms with van der Waals surface area (Å²) in [5.74, 6) is 0.392. The van der Waals surface area contributed by atoms with Crippen LogP contribution in [0.15, 0.2) is 0 Å². The quantitative estimate of drug-likeness (QED) is 0.574. The van der Waals surface area contributed by atoms with Gasteiger partial charge in [-0.25, -0.2) is 0 Å². The molecule has 1 fully saturated rings. The first-order chi connectivity index (χ1) is 7.49. The lowest BCUT2D eigenvalue weighted by atomic mass is 9.97. The van der Waals surface area contributed by atoms with Gasteiger partial charge in [0.1, 0.15) is 6.61 Å². The molecule has 1 saturated heterocycles. The lowest BCUT2D eigenvalue weighted by Crippen LogP contribution is -2.28. The van der Waals surface area contributed by atoms with E-state index in [1.165, 1.54) is 0 Å². The van der Waals surface area contributed by atoms with Gasteiger partial charge in [-0.3, -0.25) is 0 Å². The average Bonchev–Trinajstić information content (AvgIpc) is 2.18. The first-order valence-corrected chi connectivity index (χ1v) is 6.27. The molecule has 2 unspecified atom stereocenters. The van der Waals surface area contributed by atoms with Gasteiger partial charge in [-0.1, -0.05) is 15.9 Å². The zero-order valence-electron chi connectivity index (χ0n) is 8.93. The van der Waals surface area contributed by atoms with Gasteiger partial charge in [0.15, 0.2) is 0 Å². The van der Waals surface area contributed by atoms with E-state index in [4.69, 9.17) is 4.74 Å². The van der Waals surface area contributed by atoms with Crippen LogP contribution in [0, 0.1) is 5.92 Å². The molecule has 0 bridgehead atoms. The van der Waals surface area contributed by atoms with Crippen LogP contribution in [-0.4, -0.2) is 37.4 Å². The van der Waals surface area contributed by atoms with Crippen LogP contribution < -0.4 is 0 Å². The van der Waals surface area contributed by atoms with Crippen molar-refractivity contribution < 1.29 is 22.6 Å². The molecule has 0 amide bonds. The van der Waals surface area contributed by atoms with Gasteiger partial charge in [-0.15, -0.1) is 0 Å². The maximum absolute atomic E-state index is 11.7. The maximum atomic E-state index is 11.7. The Morgan fingerprint density at radius 2 is 2.12 bits per heavy atom. The van der Waals surface area contributed by atoms with E-state index < -0.39 is 12.8 Å². The molecule has 6 heteroatoms. The van der Waals surface area contributed by atoms with Crippen LogP contribution in [0.25, 0.3) is 0 Å². The highest BCUT2D eigenvalue weighted by Gasteiger charge is 2.27. The second-order valence-electron chi connectivity index (χ2n) is 3.95. The summed E-state index contributed by atoms with van der Waals surface area (Å²) in [7, 11) is 0. The second kappa shape index (κ2) is 6.81. The number of halogens is 4. The predicted molar refractivity (Wildman–Crippen MR) is 57.7 cm³/mol. The molecule has 2 nitrogen and oxygen atoms in total. The highest BCUT2D eigenvalue weighted by Crippen LogP contribution is 2.26. The summed E-state index contributed by atoms with van der Waals surface area (Å²) in [6.45, 7) is 0.466. The number of rotatable bonds is 5. The topological polar surface area (TPSA) is 18.5 Å². The lowest BCUT2D eigenvalue weighted by molar-refractivity contribution is -0.174. The Kier molecular flexibility index (Phi) is 6.07. The summed E-state index contributed by atoms with van der Waals surface area (Å²) in [4.78, 5) is 0.420. The Hall–Kier alpha value is 0.190. The molecule has 0 aromatic carbocycles. The zero-order chi connectivity index (χ0) is 12.0. The van der Waals surface area contributed by atoms with Crippen molar-refractivity contribution in [1.29, 1.82) is 0 Å². The summed E-state index contributed by atoms with van der Waals surface area (Å²) >= 11 is 3.55. The SMILES string of the molecule is FC(F)(F)COCCCC1COCCC1Br. The van der Waals surface area contributed by atoms with Gasteiger partial charge >= 0.3 is 6.18 Å². The molecule has 0 N–H and O–H groups in total. The summed E-state index contributed by atoms with van der Waals surface area (Å²) in [5.41, 5.74) is 0. The minimum absolute atomic E-state index is 0.162. The van der Waals surface area contributed by atoms with Crippen LogP contribution in [0.1, 0.15) is 19.3 Å². The third-order valence-corrected chi connectivity index (χ3v) is 3.72. The molecular formula is C10H16BrF3O2. The first kappa shape index (κ1) is 14.3. The highest BCUT2D eigenvalue weighted by molar-refractivity contribution is 9.09. The summed E-state index contributed by atoms with van der Waals surface area (Å²) in [5, 5.41) is 0. The van der Waals surface area contributed by atoms with Gasteiger partial charge < -0.3 is 9.47 Å². The Labute approximate surface area is 102 Å². The molecule has 0 aromatic rings. The van der Waals surface area contributed by atoms with E-state index in [1.54, 1.807) is 0 Å². The third-order valence-electron chi connectivity index (χ3n) is 2.51. The Morgan fingerprint density at radius 1 is 1.38 bits per heavy atom. The predicted octanol–water partition coefficient (Wildman–Crippen LogP) is 3.15. The molecule has 0 saturated carbocycles. The molecule has 1 aliphatic rings. The molecular weight excluding hydrogens is 289 g/mol. The van der Waals surface area contributed by atoms with E-state index >= 15 is 0 Å². The second-order valence-corrected chi connectivity index (χ2v) is 5.13. The monoisotopic (exact) mass is 304 g/mol. The Morgan fingerprint density at radius 3 is 2.75 bits per heavy atom. The fourth-order valence-electron chi connectivity index (χ4n) is 1.67. The molecule has 0 aliphatic carbocycles. The van der Waals surface area contributed by atoms with Crippen molar-refractivity contribution in [2.75, 3.05) is 26.4 Å². The van der Waals surface area contributed by atoms with E-state index in [-0.39, 0.29) is 6.61 Å². The van der Waals surface area contributed by atoms with Crippen molar-refractivity contribution >= 4 is 15.9 Å². The van der Waals surface area contributed by atoms with Crippen molar-refractivity contribution in [2.45, 2.75) is 30.3 Å². The van der Waals surface area contributed by atoms with E-state index in [9.17, 15) is 13.2 Å². The average molecular weight is 305 g/mol. The van der Waals surface area contributed by atoms with Gasteiger partial charge in [0, 0.05) is 18.0 Å². The van der Waals surface area contributed by atoms with Crippen LogP contribution in [0.3, 0.4) is 0 Å². The van der Waals surface area contributed by atoms with Crippen LogP contribution in [0.5, 0.6) is 0 Å². The third kappa shape index (κ3) is 6.06. The minimum atomic E-state index is -4.22. The smallest absolute Gasteiger partial charge is 0.381 e. The van der Waals surface area contributed by atoms with Crippen molar-refractivity contribution in [3.8, 4) is 0 Å². The fraction of sp³-hybridized carbons (Fsp3) is 1.00. The van der Waals surface area contributed by atoms with Crippen LogP contribution in [-0.2, 0) is 9.47 Å². The highest BCUT2D eigenvalue weighted by atomic mass is 79.9. The van der Waals surface area contributed by atoms with Gasteiger partial charge in [0.05, 0.1) is 6.61 Å². The summed E-state index contributed by atoms with van der Waals surface area (Å²) < 4.78 is 45.1. The maximum Gasteiger partial charge on any atom is 0.411 e. The summed E-state index contributed by atoms with van der Waals surface area (Å²) in [6.07, 6.45) is -1.76. The van der Waals surface area contributed by atoms with Crippen LogP contribution in [0.2, 0.25) is 0 Å². The summed E-state index contributed by atoms with van der Waals surface area (Å²) in [6, 6.07) is 0. The molecule has 0 aromatic heterocycles. The lowest BCUT2D eigenvalue weighted by Gasteiger charge is -2.27. The zero-order valence-corrected chi connectivity index (χ0v) is 10.5. The molecule has 1 aliphatic heterocycles. The molecule has 1 rings (SSSR count). The van der Waals surface area contributed by atoms with Gasteiger partial charge in [-0.2, -0.15) is 13.2 Å². The molecule has 0 radical (unpaired) electrons. The molecule has 16 heavy (non-hydrogen) atoms. The number of ether oxygens (including phenoxy) is 2. The van der Waals surface area contributed by atoms with Gasteiger partial charge in [-0.05, 0) is 25.2 Å². The van der Waals surface area contributed by atoms with Crippen LogP contribution in [0.4, 0.5) is 13.2 Å².